The molecular formula is C21H29BrO3. The number of ketones is 1. The van der Waals surface area contributed by atoms with Gasteiger partial charge in [-0.15, -0.1) is 0 Å². The standard InChI is InChI=1S/C21H29BrO3/c1-12(23)25-14-6-8-20(2)13(10-14)4-5-15-16(20)7-9-21(3)17(15)11-18(22)19(21)24/h4,14-18H,5-11H2,1-3H3/t14-,15+,16-,17-,18+,20-,21-/m0/s1. The third kappa shape index (κ3) is 2.57. The van der Waals surface area contributed by atoms with Crippen LogP contribution in [0.1, 0.15) is 65.7 Å². The molecule has 0 spiro atoms. The quantitative estimate of drug-likeness (QED) is 0.354. The van der Waals surface area contributed by atoms with Crippen molar-refractivity contribution >= 4 is 27.7 Å². The predicted molar refractivity (Wildman–Crippen MR) is 100 cm³/mol. The Labute approximate surface area is 159 Å². The van der Waals surface area contributed by atoms with Crippen molar-refractivity contribution in [2.24, 2.45) is 28.6 Å². The molecule has 4 aliphatic carbocycles. The number of halogens is 1. The molecule has 3 nitrogen and oxygen atoms in total. The van der Waals surface area contributed by atoms with Gasteiger partial charge >= 0.3 is 5.97 Å². The Balaban J connectivity index is 1.61. The first-order valence-electron chi connectivity index (χ1n) is 9.81. The van der Waals surface area contributed by atoms with E-state index in [9.17, 15) is 9.59 Å². The van der Waals surface area contributed by atoms with Crippen LogP contribution in [0.25, 0.3) is 0 Å². The summed E-state index contributed by atoms with van der Waals surface area (Å²) in [5, 5.41) is 0. The molecule has 4 heteroatoms. The molecule has 3 saturated carbocycles. The second kappa shape index (κ2) is 5.94. The summed E-state index contributed by atoms with van der Waals surface area (Å²) in [7, 11) is 0. The molecule has 25 heavy (non-hydrogen) atoms. The lowest BCUT2D eigenvalue weighted by Gasteiger charge is -2.56. The smallest absolute Gasteiger partial charge is 0.302 e. The van der Waals surface area contributed by atoms with E-state index in [0.29, 0.717) is 23.5 Å². The second-order valence-electron chi connectivity index (χ2n) is 9.26. The van der Waals surface area contributed by atoms with Crippen LogP contribution in [0.3, 0.4) is 0 Å². The van der Waals surface area contributed by atoms with E-state index < -0.39 is 0 Å². The lowest BCUT2D eigenvalue weighted by molar-refractivity contribution is -0.148. The fourth-order valence-corrected chi connectivity index (χ4v) is 7.64. The van der Waals surface area contributed by atoms with Crippen molar-refractivity contribution in [3.05, 3.63) is 11.6 Å². The van der Waals surface area contributed by atoms with Gasteiger partial charge in [-0.2, -0.15) is 0 Å². The average Bonchev–Trinajstić information content (AvgIpc) is 2.78. The van der Waals surface area contributed by atoms with Crippen LogP contribution in [0.15, 0.2) is 11.6 Å². The van der Waals surface area contributed by atoms with Gasteiger partial charge in [0, 0.05) is 18.8 Å². The van der Waals surface area contributed by atoms with Crippen molar-refractivity contribution < 1.29 is 14.3 Å². The summed E-state index contributed by atoms with van der Waals surface area (Å²) >= 11 is 3.65. The summed E-state index contributed by atoms with van der Waals surface area (Å²) < 4.78 is 5.50. The van der Waals surface area contributed by atoms with Crippen LogP contribution in [-0.2, 0) is 14.3 Å². The third-order valence-electron chi connectivity index (χ3n) is 8.09. The number of alkyl halides is 1. The maximum Gasteiger partial charge on any atom is 0.302 e. The van der Waals surface area contributed by atoms with E-state index in [1.54, 1.807) is 0 Å². The van der Waals surface area contributed by atoms with E-state index in [0.717, 1.165) is 44.9 Å². The summed E-state index contributed by atoms with van der Waals surface area (Å²) in [6.45, 7) is 6.16. The normalized spacial score (nSPS) is 48.9. The molecule has 0 saturated heterocycles. The SMILES string of the molecule is CC(=O)O[C@H]1CC[C@@]2(C)C(=CC[C@@H]3[C@@H]2CC[C@]2(C)C(=O)[C@H](Br)C[C@@H]32)C1. The van der Waals surface area contributed by atoms with E-state index in [1.165, 1.54) is 12.5 Å². The van der Waals surface area contributed by atoms with Crippen LogP contribution in [-0.4, -0.2) is 22.7 Å². The van der Waals surface area contributed by atoms with Gasteiger partial charge in [0.15, 0.2) is 5.78 Å². The number of Topliss-reactive ketones (excluding diaryl/α,β-unsaturated/α-hetero) is 1. The molecule has 0 N–H and O–H groups in total. The van der Waals surface area contributed by atoms with Crippen LogP contribution in [0, 0.1) is 28.6 Å². The van der Waals surface area contributed by atoms with Gasteiger partial charge in [-0.1, -0.05) is 41.4 Å². The van der Waals surface area contributed by atoms with Gasteiger partial charge < -0.3 is 4.74 Å². The van der Waals surface area contributed by atoms with Crippen LogP contribution in [0.4, 0.5) is 0 Å². The number of carbonyl (C=O) groups excluding carboxylic acids is 2. The van der Waals surface area contributed by atoms with Crippen molar-refractivity contribution in [3.8, 4) is 0 Å². The first kappa shape index (κ1) is 17.8. The van der Waals surface area contributed by atoms with Crippen LogP contribution in [0.2, 0.25) is 0 Å². The third-order valence-corrected chi connectivity index (χ3v) is 8.88. The monoisotopic (exact) mass is 408 g/mol. The highest BCUT2D eigenvalue weighted by atomic mass is 79.9. The zero-order valence-electron chi connectivity index (χ0n) is 15.5. The summed E-state index contributed by atoms with van der Waals surface area (Å²) in [5.74, 6) is 2.10. The molecular weight excluding hydrogens is 380 g/mol. The molecule has 4 aliphatic rings. The van der Waals surface area contributed by atoms with Crippen LogP contribution >= 0.6 is 15.9 Å². The van der Waals surface area contributed by atoms with Crippen molar-refractivity contribution in [1.82, 2.24) is 0 Å². The molecule has 0 aromatic carbocycles. The molecule has 0 heterocycles. The van der Waals surface area contributed by atoms with Crippen LogP contribution < -0.4 is 0 Å². The molecule has 0 bridgehead atoms. The Kier molecular flexibility index (Phi) is 4.22. The Morgan fingerprint density at radius 1 is 1.20 bits per heavy atom. The Morgan fingerprint density at radius 3 is 2.64 bits per heavy atom. The maximum atomic E-state index is 12.7. The Morgan fingerprint density at radius 2 is 1.92 bits per heavy atom. The zero-order valence-corrected chi connectivity index (χ0v) is 17.1. The fraction of sp³-hybridized carbons (Fsp3) is 0.810. The molecule has 7 atom stereocenters. The largest absolute Gasteiger partial charge is 0.462 e. The Bertz CT molecular complexity index is 641. The second-order valence-corrected chi connectivity index (χ2v) is 10.4. The van der Waals surface area contributed by atoms with E-state index in [-0.39, 0.29) is 27.7 Å². The number of rotatable bonds is 1. The summed E-state index contributed by atoms with van der Waals surface area (Å²) in [5.41, 5.74) is 1.62. The zero-order chi connectivity index (χ0) is 18.0. The average molecular weight is 409 g/mol. The minimum Gasteiger partial charge on any atom is -0.462 e. The van der Waals surface area contributed by atoms with Gasteiger partial charge in [-0.25, -0.2) is 0 Å². The summed E-state index contributed by atoms with van der Waals surface area (Å²) in [6.07, 6.45) is 9.77. The van der Waals surface area contributed by atoms with Gasteiger partial charge in [0.05, 0.1) is 4.83 Å². The molecule has 0 aliphatic heterocycles. The van der Waals surface area contributed by atoms with Gasteiger partial charge in [0.1, 0.15) is 6.10 Å². The first-order valence-corrected chi connectivity index (χ1v) is 10.7. The van der Waals surface area contributed by atoms with E-state index in [1.807, 2.05) is 0 Å². The molecule has 0 aromatic rings. The summed E-state index contributed by atoms with van der Waals surface area (Å²) in [4.78, 5) is 24.1. The van der Waals surface area contributed by atoms with E-state index >= 15 is 0 Å². The first-order chi connectivity index (χ1) is 11.8. The fourth-order valence-electron chi connectivity index (χ4n) is 6.71. The maximum absolute atomic E-state index is 12.7. The number of hydrogen-bond donors (Lipinski definition) is 0. The molecule has 0 radical (unpaired) electrons. The summed E-state index contributed by atoms with van der Waals surface area (Å²) in [6, 6.07) is 0. The molecule has 3 fully saturated rings. The van der Waals surface area contributed by atoms with Crippen LogP contribution in [0.5, 0.6) is 0 Å². The highest BCUT2D eigenvalue weighted by Gasteiger charge is 2.60. The topological polar surface area (TPSA) is 43.4 Å². The molecule has 4 rings (SSSR count). The number of allylic oxidation sites excluding steroid dienone is 1. The lowest BCUT2D eigenvalue weighted by Crippen LogP contribution is -2.50. The van der Waals surface area contributed by atoms with Gasteiger partial charge in [-0.3, -0.25) is 9.59 Å². The minimum atomic E-state index is -0.163. The van der Waals surface area contributed by atoms with Crippen molar-refractivity contribution in [3.63, 3.8) is 0 Å². The number of carbonyl (C=O) groups is 2. The van der Waals surface area contributed by atoms with Crippen molar-refractivity contribution in [1.29, 1.82) is 0 Å². The lowest BCUT2D eigenvalue weighted by atomic mass is 9.48. The Hall–Kier alpha value is -0.640. The van der Waals surface area contributed by atoms with Gasteiger partial charge in [0.25, 0.3) is 0 Å². The van der Waals surface area contributed by atoms with Gasteiger partial charge in [-0.05, 0) is 61.7 Å². The van der Waals surface area contributed by atoms with E-state index in [2.05, 4.69) is 35.9 Å². The van der Waals surface area contributed by atoms with Gasteiger partial charge in [0.2, 0.25) is 0 Å². The number of ether oxygens (including phenoxy) is 1. The molecule has 0 amide bonds. The molecule has 0 unspecified atom stereocenters. The van der Waals surface area contributed by atoms with E-state index in [4.69, 9.17) is 4.74 Å². The molecule has 138 valence electrons. The number of hydrogen-bond acceptors (Lipinski definition) is 3. The molecule has 0 aromatic heterocycles. The van der Waals surface area contributed by atoms with Crippen molar-refractivity contribution in [2.45, 2.75) is 76.6 Å². The minimum absolute atomic E-state index is 0.0548. The highest BCUT2D eigenvalue weighted by molar-refractivity contribution is 9.10. The number of esters is 1. The number of fused-ring (bicyclic) bond motifs is 5. The highest BCUT2D eigenvalue weighted by Crippen LogP contribution is 2.64. The van der Waals surface area contributed by atoms with Crippen molar-refractivity contribution in [2.75, 3.05) is 0 Å². The predicted octanol–water partition coefficient (Wildman–Crippen LogP) is 4.82.